The summed E-state index contributed by atoms with van der Waals surface area (Å²) in [6.07, 6.45) is 0. The fourth-order valence-electron chi connectivity index (χ4n) is 0.144. The molecule has 36 valence electrons. The van der Waals surface area contributed by atoms with E-state index < -0.39 is 0 Å². The van der Waals surface area contributed by atoms with Crippen LogP contribution < -0.4 is 5.09 Å². The van der Waals surface area contributed by atoms with E-state index in [1.807, 2.05) is 0 Å². The summed E-state index contributed by atoms with van der Waals surface area (Å²) in [6, 6.07) is 0. The van der Waals surface area contributed by atoms with Gasteiger partial charge in [0, 0.05) is 0 Å². The molecule has 0 amide bonds. The molecule has 0 saturated heterocycles. The zero-order chi connectivity index (χ0) is 4.99. The minimum absolute atomic E-state index is 0.157. The van der Waals surface area contributed by atoms with E-state index in [4.69, 9.17) is 0 Å². The Bertz CT molecular complexity index is 54.8. The molecule has 0 heterocycles. The monoisotopic (exact) mass is 105 g/mol. The number of hydrogen-bond donors (Lipinski definition) is 1. The molecule has 0 bridgehead atoms. The van der Waals surface area contributed by atoms with E-state index >= 15 is 0 Å². The molecule has 0 radical (unpaired) electrons. The zero-order valence-corrected chi connectivity index (χ0v) is 4.85. The molecule has 0 aliphatic carbocycles. The highest BCUT2D eigenvalue weighted by atomic mass is 31.0. The van der Waals surface area contributed by atoms with Crippen LogP contribution in [0.25, 0.3) is 0 Å². The van der Waals surface area contributed by atoms with Gasteiger partial charge in [0.15, 0.2) is 0 Å². The van der Waals surface area contributed by atoms with Crippen LogP contribution in [0.5, 0.6) is 0 Å². The SMILES string of the molecule is CC(=O)CNP. The van der Waals surface area contributed by atoms with E-state index in [0.29, 0.717) is 6.54 Å². The largest absolute Gasteiger partial charge is 0.299 e. The molecule has 0 saturated carbocycles. The summed E-state index contributed by atoms with van der Waals surface area (Å²) in [5.74, 6) is 0.157. The molecule has 1 unspecified atom stereocenters. The molecule has 0 aromatic carbocycles. The van der Waals surface area contributed by atoms with E-state index in [2.05, 4.69) is 14.5 Å². The standard InChI is InChI=1S/C3H8NOP/c1-3(5)2-4-6/h4H,2,6H2,1H3. The normalized spacial score (nSPS) is 8.33. The number of carbonyl (C=O) groups is 1. The molecular formula is C3H8NOP. The van der Waals surface area contributed by atoms with E-state index in [1.54, 1.807) is 0 Å². The number of rotatable bonds is 2. The van der Waals surface area contributed by atoms with Crippen molar-refractivity contribution in [2.75, 3.05) is 6.54 Å². The maximum atomic E-state index is 9.97. The van der Waals surface area contributed by atoms with Gasteiger partial charge in [-0.15, -0.1) is 0 Å². The second kappa shape index (κ2) is 3.26. The Morgan fingerprint density at radius 1 is 2.00 bits per heavy atom. The van der Waals surface area contributed by atoms with Gasteiger partial charge in [-0.25, -0.2) is 0 Å². The lowest BCUT2D eigenvalue weighted by atomic mass is 10.5. The molecule has 2 nitrogen and oxygen atoms in total. The van der Waals surface area contributed by atoms with Crippen molar-refractivity contribution in [1.82, 2.24) is 5.09 Å². The van der Waals surface area contributed by atoms with Crippen LogP contribution in [0.1, 0.15) is 6.92 Å². The van der Waals surface area contributed by atoms with E-state index in [-0.39, 0.29) is 5.78 Å². The van der Waals surface area contributed by atoms with Crippen LogP contribution in [0.3, 0.4) is 0 Å². The van der Waals surface area contributed by atoms with E-state index in [9.17, 15) is 4.79 Å². The minimum atomic E-state index is 0.157. The van der Waals surface area contributed by atoms with Gasteiger partial charge >= 0.3 is 0 Å². The second-order valence-corrected chi connectivity index (χ2v) is 1.49. The maximum Gasteiger partial charge on any atom is 0.143 e. The molecule has 0 fully saturated rings. The second-order valence-electron chi connectivity index (χ2n) is 1.08. The molecule has 0 aliphatic rings. The first-order valence-electron chi connectivity index (χ1n) is 1.70. The van der Waals surface area contributed by atoms with E-state index in [0.717, 1.165) is 0 Å². The molecule has 6 heavy (non-hydrogen) atoms. The topological polar surface area (TPSA) is 29.1 Å². The molecule has 0 aliphatic heterocycles. The van der Waals surface area contributed by atoms with Gasteiger partial charge in [-0.3, -0.25) is 9.88 Å². The number of ketones is 1. The van der Waals surface area contributed by atoms with Crippen molar-refractivity contribution in [2.24, 2.45) is 0 Å². The van der Waals surface area contributed by atoms with Crippen LogP contribution in [0.15, 0.2) is 0 Å². The van der Waals surface area contributed by atoms with Gasteiger partial charge in [0.25, 0.3) is 0 Å². The molecule has 0 aromatic heterocycles. The van der Waals surface area contributed by atoms with Gasteiger partial charge in [0.05, 0.1) is 6.54 Å². The number of Topliss-reactive ketones (excluding diaryl/α,β-unsaturated/α-hetero) is 1. The van der Waals surface area contributed by atoms with Crippen molar-refractivity contribution in [2.45, 2.75) is 6.92 Å². The first-order valence-corrected chi connectivity index (χ1v) is 2.28. The Morgan fingerprint density at radius 3 is 2.50 bits per heavy atom. The average molecular weight is 105 g/mol. The highest BCUT2D eigenvalue weighted by molar-refractivity contribution is 7.13. The third-order valence-corrected chi connectivity index (χ3v) is 0.555. The molecular weight excluding hydrogens is 97.0 g/mol. The van der Waals surface area contributed by atoms with Crippen molar-refractivity contribution < 1.29 is 4.79 Å². The number of nitrogens with one attached hydrogen (secondary N) is 1. The lowest BCUT2D eigenvalue weighted by Crippen LogP contribution is -2.08. The first-order chi connectivity index (χ1) is 2.77. The lowest BCUT2D eigenvalue weighted by Gasteiger charge is -1.84. The lowest BCUT2D eigenvalue weighted by molar-refractivity contribution is -0.115. The summed E-state index contributed by atoms with van der Waals surface area (Å²) in [5, 5.41) is 2.63. The quantitative estimate of drug-likeness (QED) is 0.499. The fraction of sp³-hybridized carbons (Fsp3) is 0.667. The fourth-order valence-corrected chi connectivity index (χ4v) is 0.431. The van der Waals surface area contributed by atoms with Gasteiger partial charge in [-0.2, -0.15) is 0 Å². The smallest absolute Gasteiger partial charge is 0.143 e. The highest BCUT2D eigenvalue weighted by Gasteiger charge is 1.82. The number of hydrogen-bond acceptors (Lipinski definition) is 2. The summed E-state index contributed by atoms with van der Waals surface area (Å²) in [6.45, 7) is 1.99. The summed E-state index contributed by atoms with van der Waals surface area (Å²) in [7, 11) is 2.25. The summed E-state index contributed by atoms with van der Waals surface area (Å²) >= 11 is 0. The van der Waals surface area contributed by atoms with Crippen molar-refractivity contribution in [3.8, 4) is 0 Å². The van der Waals surface area contributed by atoms with Gasteiger partial charge in [-0.1, -0.05) is 9.39 Å². The Balaban J connectivity index is 2.83. The van der Waals surface area contributed by atoms with Gasteiger partial charge in [0.2, 0.25) is 0 Å². The molecule has 0 rings (SSSR count). The maximum absolute atomic E-state index is 9.97. The Hall–Kier alpha value is 0.0600. The van der Waals surface area contributed by atoms with Crippen LogP contribution in [0.4, 0.5) is 0 Å². The van der Waals surface area contributed by atoms with Crippen molar-refractivity contribution in [3.63, 3.8) is 0 Å². The predicted octanol–water partition coefficient (Wildman–Crippen LogP) is -0.0449. The van der Waals surface area contributed by atoms with Crippen LogP contribution >= 0.6 is 9.39 Å². The molecule has 1 N–H and O–H groups in total. The summed E-state index contributed by atoms with van der Waals surface area (Å²) in [4.78, 5) is 9.97. The number of carbonyl (C=O) groups excluding carboxylic acids is 1. The van der Waals surface area contributed by atoms with Crippen LogP contribution in [-0.2, 0) is 4.79 Å². The van der Waals surface area contributed by atoms with Gasteiger partial charge in [0.1, 0.15) is 5.78 Å². The highest BCUT2D eigenvalue weighted by Crippen LogP contribution is 1.67. The van der Waals surface area contributed by atoms with Crippen LogP contribution in [0.2, 0.25) is 0 Å². The predicted molar refractivity (Wildman–Crippen MR) is 28.4 cm³/mol. The molecule has 3 heteroatoms. The van der Waals surface area contributed by atoms with Crippen LogP contribution in [-0.4, -0.2) is 12.3 Å². The third kappa shape index (κ3) is 4.06. The first kappa shape index (κ1) is 6.06. The Labute approximate surface area is 39.6 Å². The summed E-state index contributed by atoms with van der Waals surface area (Å²) < 4.78 is 0. The van der Waals surface area contributed by atoms with Crippen molar-refractivity contribution in [3.05, 3.63) is 0 Å². The van der Waals surface area contributed by atoms with Crippen LogP contribution in [0, 0.1) is 0 Å². The molecule has 0 spiro atoms. The zero-order valence-electron chi connectivity index (χ0n) is 3.69. The summed E-state index contributed by atoms with van der Waals surface area (Å²) in [5.41, 5.74) is 0. The molecule has 0 aromatic rings. The van der Waals surface area contributed by atoms with Crippen molar-refractivity contribution >= 4 is 15.2 Å². The molecule has 1 atom stereocenters. The minimum Gasteiger partial charge on any atom is -0.299 e. The third-order valence-electron chi connectivity index (χ3n) is 0.351. The Kier molecular flexibility index (Phi) is 3.29. The van der Waals surface area contributed by atoms with E-state index in [1.165, 1.54) is 6.92 Å². The Morgan fingerprint density at radius 2 is 2.50 bits per heavy atom. The average Bonchev–Trinajstić information content (AvgIpc) is 1.35. The van der Waals surface area contributed by atoms with Gasteiger partial charge < -0.3 is 0 Å². The van der Waals surface area contributed by atoms with Crippen molar-refractivity contribution in [1.29, 1.82) is 0 Å². The van der Waals surface area contributed by atoms with Gasteiger partial charge in [-0.05, 0) is 6.92 Å².